The van der Waals surface area contributed by atoms with Crippen LogP contribution in [0.15, 0.2) is 24.3 Å². The summed E-state index contributed by atoms with van der Waals surface area (Å²) < 4.78 is 7.10. The lowest BCUT2D eigenvalue weighted by Gasteiger charge is -2.07. The van der Waals surface area contributed by atoms with Gasteiger partial charge in [-0.05, 0) is 31.2 Å². The molecule has 2 rings (SSSR count). The van der Waals surface area contributed by atoms with E-state index in [4.69, 9.17) is 10.5 Å². The minimum absolute atomic E-state index is 0.627. The standard InChI is InChI=1S/C14H19N3O/c1-10-14(13(8-9-15)17(2)16-10)11-4-6-12(18-3)7-5-11/h4-7H,8-9,15H2,1-3H3. The Labute approximate surface area is 107 Å². The molecule has 0 amide bonds. The van der Waals surface area contributed by atoms with Crippen molar-refractivity contribution in [3.8, 4) is 16.9 Å². The largest absolute Gasteiger partial charge is 0.497 e. The Kier molecular flexibility index (Phi) is 3.67. The second-order valence-corrected chi connectivity index (χ2v) is 4.30. The summed E-state index contributed by atoms with van der Waals surface area (Å²) in [4.78, 5) is 0. The quantitative estimate of drug-likeness (QED) is 0.895. The molecule has 1 aromatic heterocycles. The van der Waals surface area contributed by atoms with E-state index in [-0.39, 0.29) is 0 Å². The van der Waals surface area contributed by atoms with Gasteiger partial charge >= 0.3 is 0 Å². The van der Waals surface area contributed by atoms with Gasteiger partial charge in [0.25, 0.3) is 0 Å². The van der Waals surface area contributed by atoms with Gasteiger partial charge < -0.3 is 10.5 Å². The Hall–Kier alpha value is -1.81. The minimum Gasteiger partial charge on any atom is -0.497 e. The lowest BCUT2D eigenvalue weighted by Crippen LogP contribution is -2.08. The minimum atomic E-state index is 0.627. The number of ether oxygens (including phenoxy) is 1. The first-order valence-electron chi connectivity index (χ1n) is 6.04. The number of methoxy groups -OCH3 is 1. The van der Waals surface area contributed by atoms with Crippen LogP contribution in [-0.2, 0) is 13.5 Å². The molecule has 0 atom stereocenters. The first-order chi connectivity index (χ1) is 8.67. The van der Waals surface area contributed by atoms with E-state index in [2.05, 4.69) is 17.2 Å². The Morgan fingerprint density at radius 3 is 2.50 bits per heavy atom. The van der Waals surface area contributed by atoms with Crippen LogP contribution in [0.5, 0.6) is 5.75 Å². The summed E-state index contributed by atoms with van der Waals surface area (Å²) >= 11 is 0. The summed E-state index contributed by atoms with van der Waals surface area (Å²) in [5.74, 6) is 0.862. The molecule has 4 nitrogen and oxygen atoms in total. The van der Waals surface area contributed by atoms with E-state index in [0.717, 1.165) is 23.4 Å². The zero-order valence-corrected chi connectivity index (χ0v) is 11.1. The van der Waals surface area contributed by atoms with E-state index in [1.807, 2.05) is 30.8 Å². The molecule has 96 valence electrons. The van der Waals surface area contributed by atoms with Gasteiger partial charge in [0.2, 0.25) is 0 Å². The summed E-state index contributed by atoms with van der Waals surface area (Å²) in [5.41, 5.74) is 10.2. The van der Waals surface area contributed by atoms with Gasteiger partial charge in [0, 0.05) is 24.7 Å². The molecule has 0 saturated heterocycles. The zero-order chi connectivity index (χ0) is 13.1. The second kappa shape index (κ2) is 5.23. The normalized spacial score (nSPS) is 10.7. The number of rotatable bonds is 4. The van der Waals surface area contributed by atoms with Crippen LogP contribution >= 0.6 is 0 Å². The average Bonchev–Trinajstić information content (AvgIpc) is 2.65. The average molecular weight is 245 g/mol. The van der Waals surface area contributed by atoms with Crippen LogP contribution in [0.1, 0.15) is 11.4 Å². The molecule has 0 spiro atoms. The monoisotopic (exact) mass is 245 g/mol. The third-order valence-corrected chi connectivity index (χ3v) is 3.10. The topological polar surface area (TPSA) is 53.1 Å². The number of aryl methyl sites for hydroxylation is 2. The first kappa shape index (κ1) is 12.6. The molecule has 0 fully saturated rings. The highest BCUT2D eigenvalue weighted by Crippen LogP contribution is 2.28. The smallest absolute Gasteiger partial charge is 0.118 e. The van der Waals surface area contributed by atoms with E-state index in [9.17, 15) is 0 Å². The third kappa shape index (κ3) is 2.24. The van der Waals surface area contributed by atoms with Gasteiger partial charge in [-0.2, -0.15) is 5.10 Å². The number of hydrogen-bond acceptors (Lipinski definition) is 3. The maximum absolute atomic E-state index is 5.67. The number of aromatic nitrogens is 2. The van der Waals surface area contributed by atoms with E-state index >= 15 is 0 Å². The predicted molar refractivity (Wildman–Crippen MR) is 72.7 cm³/mol. The van der Waals surface area contributed by atoms with Crippen LogP contribution in [0.2, 0.25) is 0 Å². The highest BCUT2D eigenvalue weighted by Gasteiger charge is 2.14. The van der Waals surface area contributed by atoms with Crippen LogP contribution in [0.3, 0.4) is 0 Å². The number of hydrogen-bond donors (Lipinski definition) is 1. The number of nitrogens with two attached hydrogens (primary N) is 1. The molecule has 2 aromatic rings. The number of nitrogens with zero attached hydrogens (tertiary/aromatic N) is 2. The van der Waals surface area contributed by atoms with Gasteiger partial charge in [0.05, 0.1) is 12.8 Å². The molecule has 0 aliphatic carbocycles. The molecule has 0 bridgehead atoms. The van der Waals surface area contributed by atoms with E-state index in [1.54, 1.807) is 7.11 Å². The van der Waals surface area contributed by atoms with Crippen molar-refractivity contribution in [1.29, 1.82) is 0 Å². The molecular weight excluding hydrogens is 226 g/mol. The molecule has 2 N–H and O–H groups in total. The molecule has 18 heavy (non-hydrogen) atoms. The molecule has 0 unspecified atom stereocenters. The molecular formula is C14H19N3O. The summed E-state index contributed by atoms with van der Waals surface area (Å²) in [6, 6.07) is 8.05. The van der Waals surface area contributed by atoms with Crippen LogP contribution < -0.4 is 10.5 Å². The molecule has 1 aromatic carbocycles. The van der Waals surface area contributed by atoms with Crippen LogP contribution in [-0.4, -0.2) is 23.4 Å². The van der Waals surface area contributed by atoms with Gasteiger partial charge in [-0.3, -0.25) is 4.68 Å². The van der Waals surface area contributed by atoms with Crippen molar-refractivity contribution >= 4 is 0 Å². The SMILES string of the molecule is COc1ccc(-c2c(C)nn(C)c2CCN)cc1. The Morgan fingerprint density at radius 2 is 1.94 bits per heavy atom. The highest BCUT2D eigenvalue weighted by molar-refractivity contribution is 5.69. The fraction of sp³-hybridized carbons (Fsp3) is 0.357. The zero-order valence-electron chi connectivity index (χ0n) is 11.1. The molecule has 0 aliphatic heterocycles. The maximum atomic E-state index is 5.67. The molecule has 4 heteroatoms. The number of benzene rings is 1. The molecule has 0 radical (unpaired) electrons. The summed E-state index contributed by atoms with van der Waals surface area (Å²) in [6.07, 6.45) is 0.832. The van der Waals surface area contributed by atoms with Crippen LogP contribution in [0, 0.1) is 6.92 Å². The second-order valence-electron chi connectivity index (χ2n) is 4.30. The van der Waals surface area contributed by atoms with Crippen molar-refractivity contribution in [2.24, 2.45) is 12.8 Å². The maximum Gasteiger partial charge on any atom is 0.118 e. The van der Waals surface area contributed by atoms with Crippen molar-refractivity contribution in [1.82, 2.24) is 9.78 Å². The lowest BCUT2D eigenvalue weighted by atomic mass is 10.0. The highest BCUT2D eigenvalue weighted by atomic mass is 16.5. The van der Waals surface area contributed by atoms with Gasteiger partial charge in [-0.25, -0.2) is 0 Å². The van der Waals surface area contributed by atoms with E-state index in [1.165, 1.54) is 11.3 Å². The van der Waals surface area contributed by atoms with E-state index in [0.29, 0.717) is 6.54 Å². The predicted octanol–water partition coefficient (Wildman–Crippen LogP) is 1.91. The summed E-state index contributed by atoms with van der Waals surface area (Å²) in [5, 5.41) is 4.48. The molecule has 0 aliphatic rings. The van der Waals surface area contributed by atoms with Crippen LogP contribution in [0.4, 0.5) is 0 Å². The van der Waals surface area contributed by atoms with Gasteiger partial charge in [-0.15, -0.1) is 0 Å². The van der Waals surface area contributed by atoms with Crippen molar-refractivity contribution in [3.63, 3.8) is 0 Å². The summed E-state index contributed by atoms with van der Waals surface area (Å²) in [7, 11) is 3.63. The van der Waals surface area contributed by atoms with Crippen molar-refractivity contribution < 1.29 is 4.74 Å². The lowest BCUT2D eigenvalue weighted by molar-refractivity contribution is 0.415. The van der Waals surface area contributed by atoms with Gasteiger partial charge in [0.1, 0.15) is 5.75 Å². The Morgan fingerprint density at radius 1 is 1.28 bits per heavy atom. The van der Waals surface area contributed by atoms with E-state index < -0.39 is 0 Å². The third-order valence-electron chi connectivity index (χ3n) is 3.10. The Bertz CT molecular complexity index is 529. The van der Waals surface area contributed by atoms with Gasteiger partial charge in [-0.1, -0.05) is 12.1 Å². The molecule has 1 heterocycles. The summed E-state index contributed by atoms with van der Waals surface area (Å²) in [6.45, 7) is 2.65. The first-order valence-corrected chi connectivity index (χ1v) is 6.04. The van der Waals surface area contributed by atoms with Crippen molar-refractivity contribution in [2.45, 2.75) is 13.3 Å². The van der Waals surface area contributed by atoms with Crippen molar-refractivity contribution in [2.75, 3.05) is 13.7 Å². The fourth-order valence-electron chi connectivity index (χ4n) is 2.26. The fourth-order valence-corrected chi connectivity index (χ4v) is 2.26. The van der Waals surface area contributed by atoms with Crippen molar-refractivity contribution in [3.05, 3.63) is 35.7 Å². The van der Waals surface area contributed by atoms with Gasteiger partial charge in [0.15, 0.2) is 0 Å². The van der Waals surface area contributed by atoms with Crippen LogP contribution in [0.25, 0.3) is 11.1 Å². The Balaban J connectivity index is 2.48. The molecule has 0 saturated carbocycles.